The van der Waals surface area contributed by atoms with Gasteiger partial charge in [0.05, 0.1) is 0 Å². The zero-order valence-corrected chi connectivity index (χ0v) is 21.5. The summed E-state index contributed by atoms with van der Waals surface area (Å²) in [6.07, 6.45) is 0.968. The monoisotopic (exact) mass is 458 g/mol. The number of hydrogen-bond acceptors (Lipinski definition) is 4. The van der Waals surface area contributed by atoms with E-state index >= 15 is 0 Å². The van der Waals surface area contributed by atoms with Gasteiger partial charge in [0.1, 0.15) is 11.5 Å². The van der Waals surface area contributed by atoms with E-state index in [2.05, 4.69) is 17.6 Å². The van der Waals surface area contributed by atoms with Crippen LogP contribution in [0.5, 0.6) is 11.5 Å². The first kappa shape index (κ1) is 30.0. The van der Waals surface area contributed by atoms with E-state index in [-0.39, 0.29) is 37.1 Å². The number of carbonyl (C=O) groups is 2. The molecular formula is C27H42N2O4. The molecule has 0 saturated carbocycles. The average molecular weight is 459 g/mol. The molecular weight excluding hydrogens is 416 g/mol. The SMILES string of the molecule is CC.CCc1cccc(OCC(=O)NC(C)C)c1.Cc1ccc(OCC(=O)NC(C)C)cc1. The topological polar surface area (TPSA) is 76.7 Å². The first-order chi connectivity index (χ1) is 15.7. The first-order valence-corrected chi connectivity index (χ1v) is 11.7. The Morgan fingerprint density at radius 1 is 0.788 bits per heavy atom. The Kier molecular flexibility index (Phi) is 15.9. The van der Waals surface area contributed by atoms with E-state index in [1.807, 2.05) is 97.0 Å². The summed E-state index contributed by atoms with van der Waals surface area (Å²) in [7, 11) is 0. The van der Waals surface area contributed by atoms with Gasteiger partial charge in [-0.3, -0.25) is 9.59 Å². The number of benzene rings is 2. The first-order valence-electron chi connectivity index (χ1n) is 11.7. The molecule has 0 aliphatic rings. The third-order valence-electron chi connectivity index (χ3n) is 3.97. The lowest BCUT2D eigenvalue weighted by molar-refractivity contribution is -0.124. The van der Waals surface area contributed by atoms with Gasteiger partial charge >= 0.3 is 0 Å². The van der Waals surface area contributed by atoms with E-state index in [0.717, 1.165) is 17.9 Å². The molecule has 6 nitrogen and oxygen atoms in total. The second kappa shape index (κ2) is 17.5. The molecule has 0 spiro atoms. The van der Waals surface area contributed by atoms with Gasteiger partial charge in [0.15, 0.2) is 13.2 Å². The number of rotatable bonds is 9. The van der Waals surface area contributed by atoms with Gasteiger partial charge in [0, 0.05) is 12.1 Å². The summed E-state index contributed by atoms with van der Waals surface area (Å²) in [5, 5.41) is 5.54. The van der Waals surface area contributed by atoms with Crippen LogP contribution >= 0.6 is 0 Å². The Balaban J connectivity index is 0.000000578. The molecule has 0 bridgehead atoms. The van der Waals surface area contributed by atoms with Crippen LogP contribution < -0.4 is 20.1 Å². The molecule has 33 heavy (non-hydrogen) atoms. The lowest BCUT2D eigenvalue weighted by Gasteiger charge is -2.10. The maximum absolute atomic E-state index is 11.3. The minimum absolute atomic E-state index is 0.0707. The summed E-state index contributed by atoms with van der Waals surface area (Å²) in [6.45, 7) is 15.9. The fraction of sp³-hybridized carbons (Fsp3) is 0.481. The van der Waals surface area contributed by atoms with E-state index in [4.69, 9.17) is 9.47 Å². The molecule has 0 radical (unpaired) electrons. The van der Waals surface area contributed by atoms with Gasteiger partial charge in [-0.2, -0.15) is 0 Å². The highest BCUT2D eigenvalue weighted by Crippen LogP contribution is 2.13. The summed E-state index contributed by atoms with van der Waals surface area (Å²) in [6, 6.07) is 15.7. The number of amides is 2. The van der Waals surface area contributed by atoms with Crippen molar-refractivity contribution in [3.05, 3.63) is 59.7 Å². The van der Waals surface area contributed by atoms with Crippen molar-refractivity contribution >= 4 is 11.8 Å². The van der Waals surface area contributed by atoms with Crippen LogP contribution in [0, 0.1) is 6.92 Å². The fourth-order valence-electron chi connectivity index (χ4n) is 2.51. The van der Waals surface area contributed by atoms with Crippen LogP contribution in [0.1, 0.15) is 59.6 Å². The largest absolute Gasteiger partial charge is 0.484 e. The lowest BCUT2D eigenvalue weighted by atomic mass is 10.2. The molecule has 2 N–H and O–H groups in total. The molecule has 6 heteroatoms. The second-order valence-corrected chi connectivity index (χ2v) is 7.84. The van der Waals surface area contributed by atoms with Crippen LogP contribution in [-0.4, -0.2) is 37.1 Å². The van der Waals surface area contributed by atoms with Gasteiger partial charge < -0.3 is 20.1 Å². The molecule has 0 heterocycles. The maximum atomic E-state index is 11.3. The van der Waals surface area contributed by atoms with Gasteiger partial charge in [-0.05, 0) is 70.9 Å². The van der Waals surface area contributed by atoms with Gasteiger partial charge in [-0.25, -0.2) is 0 Å². The van der Waals surface area contributed by atoms with Crippen LogP contribution in [0.15, 0.2) is 48.5 Å². The summed E-state index contributed by atoms with van der Waals surface area (Å²) in [5.41, 5.74) is 2.38. The Morgan fingerprint density at radius 2 is 1.27 bits per heavy atom. The van der Waals surface area contributed by atoms with Crippen molar-refractivity contribution in [3.63, 3.8) is 0 Å². The van der Waals surface area contributed by atoms with Gasteiger partial charge in [0.25, 0.3) is 11.8 Å². The van der Waals surface area contributed by atoms with E-state index in [0.29, 0.717) is 0 Å². The van der Waals surface area contributed by atoms with Crippen molar-refractivity contribution in [3.8, 4) is 11.5 Å². The second-order valence-electron chi connectivity index (χ2n) is 7.84. The predicted molar refractivity (Wildman–Crippen MR) is 136 cm³/mol. The van der Waals surface area contributed by atoms with Gasteiger partial charge in [-0.15, -0.1) is 0 Å². The Morgan fingerprint density at radius 3 is 1.73 bits per heavy atom. The Labute approximate surface area is 200 Å². The third kappa shape index (κ3) is 15.4. The number of ether oxygens (including phenoxy) is 2. The van der Waals surface area contributed by atoms with E-state index in [1.165, 1.54) is 11.1 Å². The average Bonchev–Trinajstić information content (AvgIpc) is 2.78. The number of aryl methyl sites for hydroxylation is 2. The highest BCUT2D eigenvalue weighted by atomic mass is 16.5. The molecule has 184 valence electrons. The normalized spacial score (nSPS) is 9.76. The molecule has 0 saturated heterocycles. The smallest absolute Gasteiger partial charge is 0.258 e. The zero-order valence-electron chi connectivity index (χ0n) is 21.5. The minimum atomic E-state index is -0.0921. The summed E-state index contributed by atoms with van der Waals surface area (Å²) in [5.74, 6) is 1.29. The van der Waals surface area contributed by atoms with E-state index in [9.17, 15) is 9.59 Å². The Bertz CT molecular complexity index is 802. The van der Waals surface area contributed by atoms with Crippen molar-refractivity contribution < 1.29 is 19.1 Å². The molecule has 0 fully saturated rings. The van der Waals surface area contributed by atoms with Crippen molar-refractivity contribution in [1.82, 2.24) is 10.6 Å². The standard InChI is InChI=1S/C13H19NO2.C12H17NO2.C2H6/c1-4-11-6-5-7-12(8-11)16-9-13(15)14-10(2)3;1-9(2)13-12(14)8-15-11-6-4-10(3)5-7-11;1-2/h5-8,10H,4,9H2,1-3H3,(H,14,15);4-7,9H,8H2,1-3H3,(H,13,14);1-2H3. The Hall–Kier alpha value is -3.02. The van der Waals surface area contributed by atoms with Crippen LogP contribution in [0.3, 0.4) is 0 Å². The molecule has 2 amide bonds. The third-order valence-corrected chi connectivity index (χ3v) is 3.97. The molecule has 2 aromatic carbocycles. The van der Waals surface area contributed by atoms with Crippen molar-refractivity contribution in [1.29, 1.82) is 0 Å². The number of hydrogen-bond donors (Lipinski definition) is 2. The summed E-state index contributed by atoms with van der Waals surface area (Å²) < 4.78 is 10.7. The van der Waals surface area contributed by atoms with Crippen molar-refractivity contribution in [2.75, 3.05) is 13.2 Å². The molecule has 2 aromatic rings. The van der Waals surface area contributed by atoms with Crippen LogP contribution in [0.2, 0.25) is 0 Å². The highest BCUT2D eigenvalue weighted by molar-refractivity contribution is 5.78. The van der Waals surface area contributed by atoms with Crippen LogP contribution in [-0.2, 0) is 16.0 Å². The summed E-state index contributed by atoms with van der Waals surface area (Å²) in [4.78, 5) is 22.6. The zero-order chi connectivity index (χ0) is 25.2. The maximum Gasteiger partial charge on any atom is 0.258 e. The highest BCUT2D eigenvalue weighted by Gasteiger charge is 2.05. The predicted octanol–water partition coefficient (Wildman–Crippen LogP) is 5.08. The van der Waals surface area contributed by atoms with E-state index < -0.39 is 0 Å². The van der Waals surface area contributed by atoms with Crippen molar-refractivity contribution in [2.45, 2.75) is 73.9 Å². The minimum Gasteiger partial charge on any atom is -0.484 e. The lowest BCUT2D eigenvalue weighted by Crippen LogP contribution is -2.34. The molecule has 0 aliphatic carbocycles. The van der Waals surface area contributed by atoms with Gasteiger partial charge in [0.2, 0.25) is 0 Å². The van der Waals surface area contributed by atoms with E-state index in [1.54, 1.807) is 0 Å². The molecule has 0 aromatic heterocycles. The molecule has 0 atom stereocenters. The van der Waals surface area contributed by atoms with Crippen LogP contribution in [0.25, 0.3) is 0 Å². The fourth-order valence-corrected chi connectivity index (χ4v) is 2.51. The molecule has 0 unspecified atom stereocenters. The molecule has 0 aliphatic heterocycles. The molecule has 2 rings (SSSR count). The quantitative estimate of drug-likeness (QED) is 0.550. The van der Waals surface area contributed by atoms with Crippen molar-refractivity contribution in [2.24, 2.45) is 0 Å². The number of carbonyl (C=O) groups excluding carboxylic acids is 2. The number of nitrogens with one attached hydrogen (secondary N) is 2. The van der Waals surface area contributed by atoms with Crippen LogP contribution in [0.4, 0.5) is 0 Å². The summed E-state index contributed by atoms with van der Waals surface area (Å²) >= 11 is 0. The van der Waals surface area contributed by atoms with Gasteiger partial charge in [-0.1, -0.05) is 50.6 Å².